The summed E-state index contributed by atoms with van der Waals surface area (Å²) < 4.78 is 42.0. The lowest BCUT2D eigenvalue weighted by molar-refractivity contribution is -0.0267. The van der Waals surface area contributed by atoms with E-state index >= 15 is 0 Å². The quantitative estimate of drug-likeness (QED) is 0.619. The minimum Gasteiger partial charge on any atom is -0.352 e. The monoisotopic (exact) mass is 428 g/mol. The number of hydrogen-bond acceptors (Lipinski definition) is 6. The van der Waals surface area contributed by atoms with Crippen LogP contribution in [0.15, 0.2) is 40.1 Å². The molecule has 1 aliphatic heterocycles. The van der Waals surface area contributed by atoms with E-state index < -0.39 is 37.2 Å². The van der Waals surface area contributed by atoms with E-state index in [-0.39, 0.29) is 13.2 Å². The van der Waals surface area contributed by atoms with Gasteiger partial charge >= 0.3 is 13.5 Å². The Balaban J connectivity index is 1.50. The zero-order valence-electron chi connectivity index (χ0n) is 15.7. The molecule has 1 fully saturated rings. The third-order valence-electron chi connectivity index (χ3n) is 4.57. The van der Waals surface area contributed by atoms with Crippen LogP contribution in [0, 0.1) is 5.82 Å². The number of ether oxygens (including phenoxy) is 1. The first-order chi connectivity index (χ1) is 13.8. The number of benzene rings is 1. The molecule has 1 saturated heterocycles. The van der Waals surface area contributed by atoms with Crippen molar-refractivity contribution < 1.29 is 27.6 Å². The summed E-state index contributed by atoms with van der Waals surface area (Å²) in [5, 5.41) is 0. The molecule has 0 spiro atoms. The highest BCUT2D eigenvalue weighted by molar-refractivity contribution is 7.47. The molecule has 1 aliphatic rings. The third-order valence-corrected chi connectivity index (χ3v) is 5.50. The highest BCUT2D eigenvalue weighted by Crippen LogP contribution is 2.45. The molecule has 0 saturated carbocycles. The summed E-state index contributed by atoms with van der Waals surface area (Å²) in [6.45, 7) is 1.71. The van der Waals surface area contributed by atoms with Crippen molar-refractivity contribution in [2.24, 2.45) is 0 Å². The number of phosphoric acid groups is 1. The first-order valence-electron chi connectivity index (χ1n) is 9.13. The predicted molar refractivity (Wildman–Crippen MR) is 101 cm³/mol. The lowest BCUT2D eigenvalue weighted by atomic mass is 10.1. The van der Waals surface area contributed by atoms with Gasteiger partial charge in [-0.2, -0.15) is 4.39 Å². The van der Waals surface area contributed by atoms with Crippen LogP contribution in [0.3, 0.4) is 0 Å². The number of aromatic nitrogens is 2. The average Bonchev–Trinajstić information content (AvgIpc) is 3.17. The molecule has 1 aromatic heterocycles. The van der Waals surface area contributed by atoms with Crippen LogP contribution < -0.4 is 11.2 Å². The molecule has 1 unspecified atom stereocenters. The molecule has 0 bridgehead atoms. The number of aryl methyl sites for hydroxylation is 1. The van der Waals surface area contributed by atoms with Crippen LogP contribution in [0.4, 0.5) is 4.39 Å². The Morgan fingerprint density at radius 3 is 2.62 bits per heavy atom. The number of halogens is 1. The molecular weight excluding hydrogens is 406 g/mol. The molecule has 29 heavy (non-hydrogen) atoms. The van der Waals surface area contributed by atoms with E-state index in [2.05, 4.69) is 0 Å². The normalized spacial score (nSPS) is 21.2. The van der Waals surface area contributed by atoms with Gasteiger partial charge in [-0.3, -0.25) is 23.4 Å². The number of nitrogens with zero attached hydrogens (tertiary/aromatic N) is 1. The van der Waals surface area contributed by atoms with Crippen molar-refractivity contribution in [2.45, 2.75) is 45.1 Å². The number of phosphoric ester groups is 1. The molecular formula is C18H22FN2O7P. The van der Waals surface area contributed by atoms with Crippen molar-refractivity contribution in [3.05, 3.63) is 68.2 Å². The number of H-pyrrole nitrogens is 1. The van der Waals surface area contributed by atoms with Gasteiger partial charge in [-0.1, -0.05) is 31.2 Å². The molecule has 1 aromatic carbocycles. The lowest BCUT2D eigenvalue weighted by Gasteiger charge is -2.17. The molecule has 158 valence electrons. The van der Waals surface area contributed by atoms with Crippen LogP contribution in [0.2, 0.25) is 0 Å². The van der Waals surface area contributed by atoms with Gasteiger partial charge in [0.15, 0.2) is 0 Å². The lowest BCUT2D eigenvalue weighted by Crippen LogP contribution is -2.34. The number of nitrogens with one attached hydrogen (secondary N) is 1. The van der Waals surface area contributed by atoms with Crippen LogP contribution in [0.25, 0.3) is 0 Å². The summed E-state index contributed by atoms with van der Waals surface area (Å²) in [6.07, 6.45) is 1.03. The van der Waals surface area contributed by atoms with Gasteiger partial charge in [0.25, 0.3) is 5.56 Å². The van der Waals surface area contributed by atoms with Crippen molar-refractivity contribution in [3.63, 3.8) is 0 Å². The van der Waals surface area contributed by atoms with E-state index in [1.165, 1.54) is 0 Å². The molecule has 2 N–H and O–H groups in total. The second kappa shape index (κ2) is 9.15. The molecule has 0 radical (unpaired) electrons. The van der Waals surface area contributed by atoms with Crippen molar-refractivity contribution >= 4 is 7.82 Å². The first kappa shape index (κ1) is 21.6. The maximum absolute atomic E-state index is 13.4. The molecule has 3 rings (SSSR count). The van der Waals surface area contributed by atoms with Crippen LogP contribution in [-0.4, -0.2) is 27.2 Å². The van der Waals surface area contributed by atoms with Gasteiger partial charge in [0, 0.05) is 0 Å². The van der Waals surface area contributed by atoms with Gasteiger partial charge in [-0.05, 0) is 30.4 Å². The third kappa shape index (κ3) is 5.71. The average molecular weight is 428 g/mol. The van der Waals surface area contributed by atoms with E-state index in [9.17, 15) is 23.4 Å². The molecule has 0 amide bonds. The highest BCUT2D eigenvalue weighted by Gasteiger charge is 2.31. The van der Waals surface area contributed by atoms with E-state index in [4.69, 9.17) is 13.8 Å². The van der Waals surface area contributed by atoms with Gasteiger partial charge in [-0.25, -0.2) is 9.36 Å². The van der Waals surface area contributed by atoms with Crippen molar-refractivity contribution in [2.75, 3.05) is 6.61 Å². The van der Waals surface area contributed by atoms with Gasteiger partial charge in [0.1, 0.15) is 6.23 Å². The Morgan fingerprint density at radius 2 is 1.93 bits per heavy atom. The molecule has 2 aromatic rings. The summed E-state index contributed by atoms with van der Waals surface area (Å²) in [5.41, 5.74) is -0.0246. The number of rotatable bonds is 8. The molecule has 3 atom stereocenters. The fourth-order valence-corrected chi connectivity index (χ4v) is 3.67. The van der Waals surface area contributed by atoms with Gasteiger partial charge in [-0.15, -0.1) is 0 Å². The number of hydrogen-bond donors (Lipinski definition) is 2. The number of aromatic amines is 1. The topological polar surface area (TPSA) is 120 Å². The zero-order chi connectivity index (χ0) is 21.0. The van der Waals surface area contributed by atoms with Crippen molar-refractivity contribution in [1.29, 1.82) is 0 Å². The molecule has 9 nitrogen and oxygen atoms in total. The summed E-state index contributed by atoms with van der Waals surface area (Å²) in [4.78, 5) is 34.6. The summed E-state index contributed by atoms with van der Waals surface area (Å²) >= 11 is 0. The Labute approximate surface area is 165 Å². The van der Waals surface area contributed by atoms with Crippen LogP contribution in [0.5, 0.6) is 0 Å². The highest BCUT2D eigenvalue weighted by atomic mass is 31.2. The van der Waals surface area contributed by atoms with E-state index in [0.29, 0.717) is 12.8 Å². The largest absolute Gasteiger partial charge is 0.472 e. The van der Waals surface area contributed by atoms with Gasteiger partial charge < -0.3 is 9.63 Å². The Bertz CT molecular complexity index is 1000. The van der Waals surface area contributed by atoms with Gasteiger partial charge in [0.05, 0.1) is 25.5 Å². The zero-order valence-corrected chi connectivity index (χ0v) is 16.6. The van der Waals surface area contributed by atoms with E-state index in [0.717, 1.165) is 28.3 Å². The Morgan fingerprint density at radius 1 is 1.24 bits per heavy atom. The minimum atomic E-state index is -4.30. The Hall–Kier alpha value is -2.10. The minimum absolute atomic E-state index is 0.0853. The fourth-order valence-electron chi connectivity index (χ4n) is 2.93. The standard InChI is InChI=1S/C18H22FN2O7P/c1-2-12-3-5-13(6-4-12)10-26-29(24,25)27-11-14-7-8-16(28-14)21-9-15(19)17(22)20-18(21)23/h3-6,9,14,16H,2,7-8,10-11H2,1H3,(H,24,25)(H,20,22,23)/t14-,16+/m0/s1. The summed E-state index contributed by atoms with van der Waals surface area (Å²) in [5.74, 6) is -1.10. The fraction of sp³-hybridized carbons (Fsp3) is 0.444. The molecule has 11 heteroatoms. The molecule has 0 aliphatic carbocycles. The second-order valence-corrected chi connectivity index (χ2v) is 8.09. The van der Waals surface area contributed by atoms with Crippen LogP contribution >= 0.6 is 7.82 Å². The maximum atomic E-state index is 13.4. The maximum Gasteiger partial charge on any atom is 0.472 e. The summed E-state index contributed by atoms with van der Waals surface area (Å²) in [6, 6.07) is 7.45. The van der Waals surface area contributed by atoms with Gasteiger partial charge in [0.2, 0.25) is 5.82 Å². The van der Waals surface area contributed by atoms with Crippen LogP contribution in [-0.2, 0) is 31.4 Å². The van der Waals surface area contributed by atoms with E-state index in [1.807, 2.05) is 36.2 Å². The second-order valence-electron chi connectivity index (χ2n) is 6.64. The van der Waals surface area contributed by atoms with Crippen LogP contribution in [0.1, 0.15) is 37.1 Å². The van der Waals surface area contributed by atoms with E-state index in [1.54, 1.807) is 0 Å². The Kier molecular flexibility index (Phi) is 6.81. The predicted octanol–water partition coefficient (Wildman–Crippen LogP) is 2.25. The van der Waals surface area contributed by atoms with Crippen molar-refractivity contribution in [3.8, 4) is 0 Å². The first-order valence-corrected chi connectivity index (χ1v) is 10.6. The SMILES string of the molecule is CCc1ccc(COP(=O)(O)OC[C@@H]2CC[C@H](n3cc(F)c(=O)[nH]c3=O)O2)cc1. The molecule has 2 heterocycles. The summed E-state index contributed by atoms with van der Waals surface area (Å²) in [7, 11) is -4.30. The smallest absolute Gasteiger partial charge is 0.352 e. The van der Waals surface area contributed by atoms with Crippen molar-refractivity contribution in [1.82, 2.24) is 9.55 Å².